The second kappa shape index (κ2) is 12.7. The molecule has 1 aromatic rings. The zero-order valence-electron chi connectivity index (χ0n) is 21.2. The SMILES string of the molecule is CCC(=O)C(C)(C)[C@@H](O)CC(=O)O[C@@H](C[C@@H]1O[C@@H]1CCC[C@H](C)C=O)C(C)=Cc1csc(C)n1. The van der Waals surface area contributed by atoms with Gasteiger partial charge in [0.2, 0.25) is 0 Å². The maximum Gasteiger partial charge on any atom is 0.309 e. The number of thiazole rings is 1. The van der Waals surface area contributed by atoms with Gasteiger partial charge in [-0.1, -0.05) is 34.1 Å². The van der Waals surface area contributed by atoms with Crippen LogP contribution in [0.2, 0.25) is 0 Å². The molecule has 0 aliphatic carbocycles. The number of carbonyl (C=O) groups is 3. The first-order valence-corrected chi connectivity index (χ1v) is 13.0. The second-order valence-corrected chi connectivity index (χ2v) is 10.9. The van der Waals surface area contributed by atoms with Crippen LogP contribution in [0.15, 0.2) is 11.0 Å². The highest BCUT2D eigenvalue weighted by molar-refractivity contribution is 7.09. The van der Waals surface area contributed by atoms with Crippen molar-refractivity contribution in [3.63, 3.8) is 0 Å². The predicted octanol–water partition coefficient (Wildman–Crippen LogP) is 4.69. The Kier molecular flexibility index (Phi) is 10.6. The highest BCUT2D eigenvalue weighted by Crippen LogP contribution is 2.34. The van der Waals surface area contributed by atoms with Gasteiger partial charge in [-0.05, 0) is 38.3 Å². The molecular formula is C26H39NO6S. The molecule has 1 fully saturated rings. The van der Waals surface area contributed by atoms with Crippen molar-refractivity contribution in [1.29, 1.82) is 0 Å². The Balaban J connectivity index is 2.03. The quantitative estimate of drug-likeness (QED) is 0.215. The summed E-state index contributed by atoms with van der Waals surface area (Å²) in [5.41, 5.74) is 0.642. The van der Waals surface area contributed by atoms with E-state index in [4.69, 9.17) is 9.47 Å². The number of aliphatic hydroxyl groups excluding tert-OH is 1. The Hall–Kier alpha value is -1.90. The van der Waals surface area contributed by atoms with Crippen LogP contribution in [-0.4, -0.2) is 52.5 Å². The van der Waals surface area contributed by atoms with Crippen molar-refractivity contribution in [2.24, 2.45) is 11.3 Å². The van der Waals surface area contributed by atoms with Crippen molar-refractivity contribution in [2.45, 2.75) is 104 Å². The fourth-order valence-electron chi connectivity index (χ4n) is 3.92. The Bertz CT molecular complexity index is 876. The number of aliphatic hydroxyl groups is 1. The summed E-state index contributed by atoms with van der Waals surface area (Å²) in [5.74, 6) is -0.598. The number of Topliss-reactive ketones (excluding diaryl/α,β-unsaturated/α-hetero) is 1. The molecule has 2 heterocycles. The number of esters is 1. The number of aldehydes is 1. The van der Waals surface area contributed by atoms with Gasteiger partial charge < -0.3 is 19.4 Å². The van der Waals surface area contributed by atoms with E-state index in [1.54, 1.807) is 32.1 Å². The molecule has 1 aliphatic rings. The molecule has 0 unspecified atom stereocenters. The monoisotopic (exact) mass is 493 g/mol. The normalized spacial score (nSPS) is 21.0. The summed E-state index contributed by atoms with van der Waals surface area (Å²) in [6.07, 6.45) is 4.48. The second-order valence-electron chi connectivity index (χ2n) is 9.87. The summed E-state index contributed by atoms with van der Waals surface area (Å²) in [6.45, 7) is 10.8. The Labute approximate surface area is 206 Å². The molecule has 2 rings (SSSR count). The highest BCUT2D eigenvalue weighted by atomic mass is 32.1. The molecule has 0 spiro atoms. The van der Waals surface area contributed by atoms with Crippen LogP contribution in [0, 0.1) is 18.3 Å². The van der Waals surface area contributed by atoms with Crippen LogP contribution in [-0.2, 0) is 23.9 Å². The zero-order chi connectivity index (χ0) is 25.5. The minimum atomic E-state index is -1.12. The van der Waals surface area contributed by atoms with Gasteiger partial charge in [0.05, 0.1) is 35.4 Å². The summed E-state index contributed by atoms with van der Waals surface area (Å²) in [5, 5.41) is 13.4. The summed E-state index contributed by atoms with van der Waals surface area (Å²) < 4.78 is 11.6. The van der Waals surface area contributed by atoms with Gasteiger partial charge >= 0.3 is 5.97 Å². The van der Waals surface area contributed by atoms with Crippen molar-refractivity contribution in [3.8, 4) is 0 Å². The van der Waals surface area contributed by atoms with E-state index in [0.29, 0.717) is 12.8 Å². The number of ketones is 1. The Morgan fingerprint density at radius 3 is 2.65 bits per heavy atom. The molecule has 5 atom stereocenters. The largest absolute Gasteiger partial charge is 0.458 e. The lowest BCUT2D eigenvalue weighted by atomic mass is 9.79. The van der Waals surface area contributed by atoms with Crippen LogP contribution in [0.25, 0.3) is 6.08 Å². The molecular weight excluding hydrogens is 454 g/mol. The topological polar surface area (TPSA) is 106 Å². The van der Waals surface area contributed by atoms with Gasteiger partial charge in [0, 0.05) is 29.6 Å². The Morgan fingerprint density at radius 1 is 1.35 bits per heavy atom. The number of carbonyl (C=O) groups excluding carboxylic acids is 3. The summed E-state index contributed by atoms with van der Waals surface area (Å²) in [7, 11) is 0. The van der Waals surface area contributed by atoms with Gasteiger partial charge in [-0.2, -0.15) is 0 Å². The van der Waals surface area contributed by atoms with Crippen LogP contribution in [0.3, 0.4) is 0 Å². The molecule has 190 valence electrons. The van der Waals surface area contributed by atoms with E-state index in [2.05, 4.69) is 4.98 Å². The van der Waals surface area contributed by atoms with Crippen molar-refractivity contribution >= 4 is 35.5 Å². The van der Waals surface area contributed by atoms with Crippen LogP contribution >= 0.6 is 11.3 Å². The number of epoxide rings is 1. The first-order chi connectivity index (χ1) is 16.0. The van der Waals surface area contributed by atoms with E-state index in [-0.39, 0.29) is 30.3 Å². The fourth-order valence-corrected chi connectivity index (χ4v) is 4.49. The lowest BCUT2D eigenvalue weighted by Gasteiger charge is -2.28. The number of rotatable bonds is 15. The van der Waals surface area contributed by atoms with Crippen LogP contribution in [0.1, 0.15) is 83.8 Å². The minimum absolute atomic E-state index is 0.0205. The van der Waals surface area contributed by atoms with E-state index >= 15 is 0 Å². The third-order valence-corrected chi connectivity index (χ3v) is 7.33. The molecule has 0 saturated carbocycles. The summed E-state index contributed by atoms with van der Waals surface area (Å²) >= 11 is 1.55. The van der Waals surface area contributed by atoms with Crippen LogP contribution in [0.5, 0.6) is 0 Å². The number of hydrogen-bond acceptors (Lipinski definition) is 8. The first kappa shape index (κ1) is 28.3. The standard InChI is InChI=1S/C26H39NO6S/c1-7-23(29)26(5,6)24(30)13-25(31)33-21(17(3)11-19-15-34-18(4)27-19)12-22-20(32-22)10-8-9-16(2)14-28/h11,14-16,20-22,24,30H,7-10,12-13H2,1-6H3/t16-,20+,21-,22-,24-/m0/s1. The molecule has 7 nitrogen and oxygen atoms in total. The molecule has 0 aromatic carbocycles. The maximum absolute atomic E-state index is 12.7. The van der Waals surface area contributed by atoms with Crippen molar-refractivity contribution in [1.82, 2.24) is 4.98 Å². The number of aromatic nitrogens is 1. The molecule has 0 amide bonds. The first-order valence-electron chi connectivity index (χ1n) is 12.1. The lowest BCUT2D eigenvalue weighted by molar-refractivity contribution is -0.153. The molecule has 1 aromatic heterocycles. The lowest BCUT2D eigenvalue weighted by Crippen LogP contribution is -2.39. The third kappa shape index (κ3) is 8.40. The summed E-state index contributed by atoms with van der Waals surface area (Å²) in [6, 6.07) is 0. The number of nitrogens with zero attached hydrogens (tertiary/aromatic N) is 1. The molecule has 0 bridgehead atoms. The average molecular weight is 494 g/mol. The van der Waals surface area contributed by atoms with E-state index in [1.807, 2.05) is 32.2 Å². The van der Waals surface area contributed by atoms with Gasteiger partial charge in [0.25, 0.3) is 0 Å². The van der Waals surface area contributed by atoms with Gasteiger partial charge in [-0.3, -0.25) is 9.59 Å². The third-order valence-electron chi connectivity index (χ3n) is 6.54. The fraction of sp³-hybridized carbons (Fsp3) is 0.692. The van der Waals surface area contributed by atoms with E-state index in [1.165, 1.54) is 0 Å². The molecule has 1 aliphatic heterocycles. The van der Waals surface area contributed by atoms with Gasteiger partial charge in [-0.15, -0.1) is 11.3 Å². The van der Waals surface area contributed by atoms with Crippen molar-refractivity contribution < 1.29 is 29.0 Å². The van der Waals surface area contributed by atoms with Crippen molar-refractivity contribution in [3.05, 3.63) is 21.7 Å². The van der Waals surface area contributed by atoms with E-state index in [9.17, 15) is 19.5 Å². The van der Waals surface area contributed by atoms with Gasteiger partial charge in [0.1, 0.15) is 18.2 Å². The zero-order valence-corrected chi connectivity index (χ0v) is 22.0. The molecule has 1 saturated heterocycles. The van der Waals surface area contributed by atoms with E-state index in [0.717, 1.165) is 41.8 Å². The number of aryl methyl sites for hydroxylation is 1. The number of hydrogen-bond donors (Lipinski definition) is 1. The molecule has 8 heteroatoms. The highest BCUT2D eigenvalue weighted by Gasteiger charge is 2.41. The van der Waals surface area contributed by atoms with Gasteiger partial charge in [0.15, 0.2) is 0 Å². The molecule has 0 radical (unpaired) electrons. The Morgan fingerprint density at radius 2 is 2.06 bits per heavy atom. The predicted molar refractivity (Wildman–Crippen MR) is 132 cm³/mol. The van der Waals surface area contributed by atoms with Crippen molar-refractivity contribution in [2.75, 3.05) is 0 Å². The van der Waals surface area contributed by atoms with Gasteiger partial charge in [-0.25, -0.2) is 4.98 Å². The molecule has 34 heavy (non-hydrogen) atoms. The van der Waals surface area contributed by atoms with Crippen LogP contribution < -0.4 is 0 Å². The minimum Gasteiger partial charge on any atom is -0.458 e. The smallest absolute Gasteiger partial charge is 0.309 e. The number of ether oxygens (including phenoxy) is 2. The summed E-state index contributed by atoms with van der Waals surface area (Å²) in [4.78, 5) is 40.2. The van der Waals surface area contributed by atoms with E-state index < -0.39 is 23.6 Å². The maximum atomic E-state index is 12.7. The average Bonchev–Trinajstić information content (AvgIpc) is 3.39. The van der Waals surface area contributed by atoms with Crippen LogP contribution in [0.4, 0.5) is 0 Å². The molecule has 1 N–H and O–H groups in total.